The van der Waals surface area contributed by atoms with E-state index in [0.29, 0.717) is 0 Å². The van der Waals surface area contributed by atoms with E-state index in [-0.39, 0.29) is 12.5 Å². The summed E-state index contributed by atoms with van der Waals surface area (Å²) in [7, 11) is 1.23. The molecule has 1 aromatic rings. The van der Waals surface area contributed by atoms with Crippen molar-refractivity contribution in [2.75, 3.05) is 7.11 Å². The molecule has 1 rings (SSSR count). The summed E-state index contributed by atoms with van der Waals surface area (Å²) in [4.78, 5) is 47.7. The van der Waals surface area contributed by atoms with Crippen molar-refractivity contribution in [2.24, 2.45) is 5.92 Å². The van der Waals surface area contributed by atoms with Gasteiger partial charge in [0.25, 0.3) is 5.56 Å². The van der Waals surface area contributed by atoms with Gasteiger partial charge in [-0.1, -0.05) is 13.8 Å². The molecule has 1 atom stereocenters. The molecule has 0 bridgehead atoms. The number of rotatable bonds is 5. The van der Waals surface area contributed by atoms with Crippen LogP contribution in [0.5, 0.6) is 0 Å². The van der Waals surface area contributed by atoms with Crippen LogP contribution in [0.3, 0.4) is 0 Å². The number of aromatic amines is 1. The molecular weight excluding hydrogens is 266 g/mol. The number of carbonyl (C=O) groups is 2. The van der Waals surface area contributed by atoms with E-state index in [2.05, 4.69) is 10.1 Å². The van der Waals surface area contributed by atoms with Crippen molar-refractivity contribution in [1.29, 1.82) is 0 Å². The molecule has 0 aromatic carbocycles. The van der Waals surface area contributed by atoms with Gasteiger partial charge in [0, 0.05) is 12.3 Å². The molecular formula is C12H17N3O5. The molecule has 0 aliphatic rings. The predicted octanol–water partition coefficient (Wildman–Crippen LogP) is -1.15. The summed E-state index contributed by atoms with van der Waals surface area (Å²) in [6.07, 6.45) is 1.21. The molecule has 1 aromatic heterocycles. The smallest absolute Gasteiger partial charge is 0.328 e. The number of hydrogen-bond acceptors (Lipinski definition) is 5. The van der Waals surface area contributed by atoms with Crippen molar-refractivity contribution >= 4 is 11.9 Å². The average molecular weight is 283 g/mol. The first-order valence-electron chi connectivity index (χ1n) is 6.02. The highest BCUT2D eigenvalue weighted by molar-refractivity contribution is 5.84. The molecule has 20 heavy (non-hydrogen) atoms. The first kappa shape index (κ1) is 15.7. The molecule has 8 heteroatoms. The monoisotopic (exact) mass is 283 g/mol. The Morgan fingerprint density at radius 2 is 2.05 bits per heavy atom. The van der Waals surface area contributed by atoms with Crippen LogP contribution in [0.25, 0.3) is 0 Å². The number of nitrogens with zero attached hydrogens (tertiary/aromatic N) is 1. The molecule has 0 fully saturated rings. The summed E-state index contributed by atoms with van der Waals surface area (Å²) in [5, 5.41) is 2.49. The van der Waals surface area contributed by atoms with Gasteiger partial charge >= 0.3 is 11.7 Å². The van der Waals surface area contributed by atoms with E-state index in [1.807, 2.05) is 4.98 Å². The second-order valence-corrected chi connectivity index (χ2v) is 4.55. The van der Waals surface area contributed by atoms with Crippen LogP contribution in [-0.4, -0.2) is 34.6 Å². The molecule has 0 aliphatic carbocycles. The number of esters is 1. The second kappa shape index (κ2) is 6.69. The molecule has 0 spiro atoms. The van der Waals surface area contributed by atoms with Gasteiger partial charge < -0.3 is 10.1 Å². The minimum atomic E-state index is -0.786. The fraction of sp³-hybridized carbons (Fsp3) is 0.500. The number of carbonyl (C=O) groups excluding carboxylic acids is 2. The van der Waals surface area contributed by atoms with Crippen molar-refractivity contribution in [3.05, 3.63) is 33.1 Å². The van der Waals surface area contributed by atoms with E-state index in [0.717, 1.165) is 10.6 Å². The third kappa shape index (κ3) is 4.08. The Kier molecular flexibility index (Phi) is 5.24. The van der Waals surface area contributed by atoms with E-state index >= 15 is 0 Å². The molecule has 1 amide bonds. The fourth-order valence-electron chi connectivity index (χ4n) is 1.57. The number of amides is 1. The maximum absolute atomic E-state index is 11.8. The Morgan fingerprint density at radius 1 is 1.40 bits per heavy atom. The van der Waals surface area contributed by atoms with Crippen molar-refractivity contribution < 1.29 is 14.3 Å². The zero-order valence-electron chi connectivity index (χ0n) is 11.5. The molecule has 1 unspecified atom stereocenters. The number of aromatic nitrogens is 2. The molecule has 2 N–H and O–H groups in total. The lowest BCUT2D eigenvalue weighted by molar-refractivity contribution is -0.146. The van der Waals surface area contributed by atoms with Crippen LogP contribution >= 0.6 is 0 Å². The summed E-state index contributed by atoms with van der Waals surface area (Å²) in [5.74, 6) is -1.23. The molecule has 0 saturated heterocycles. The normalized spacial score (nSPS) is 12.0. The van der Waals surface area contributed by atoms with E-state index < -0.39 is 29.2 Å². The Hall–Kier alpha value is -2.38. The Morgan fingerprint density at radius 3 is 2.55 bits per heavy atom. The van der Waals surface area contributed by atoms with E-state index in [9.17, 15) is 19.2 Å². The van der Waals surface area contributed by atoms with Gasteiger partial charge in [-0.15, -0.1) is 0 Å². The second-order valence-electron chi connectivity index (χ2n) is 4.55. The first-order valence-corrected chi connectivity index (χ1v) is 6.02. The summed E-state index contributed by atoms with van der Waals surface area (Å²) in [5.41, 5.74) is -1.23. The number of hydrogen-bond donors (Lipinski definition) is 2. The molecule has 0 aliphatic heterocycles. The third-order valence-electron chi connectivity index (χ3n) is 2.65. The zero-order chi connectivity index (χ0) is 15.3. The van der Waals surface area contributed by atoms with Crippen molar-refractivity contribution in [3.8, 4) is 0 Å². The van der Waals surface area contributed by atoms with Crippen LogP contribution in [0.2, 0.25) is 0 Å². The van der Waals surface area contributed by atoms with Crippen LogP contribution in [0.4, 0.5) is 0 Å². The van der Waals surface area contributed by atoms with E-state index in [1.165, 1.54) is 13.3 Å². The molecule has 110 valence electrons. The van der Waals surface area contributed by atoms with Crippen LogP contribution in [0.15, 0.2) is 21.9 Å². The van der Waals surface area contributed by atoms with Crippen LogP contribution in [0.1, 0.15) is 13.8 Å². The van der Waals surface area contributed by atoms with Gasteiger partial charge in [-0.25, -0.2) is 9.59 Å². The van der Waals surface area contributed by atoms with E-state index in [1.54, 1.807) is 13.8 Å². The standard InChI is InChI=1S/C12H17N3O5/c1-7(2)10(11(18)20-3)13-9(17)6-15-5-4-8(16)14-12(15)19/h4-5,7,10H,6H2,1-3H3,(H,13,17)(H,14,16,19). The Bertz CT molecular complexity index is 602. The summed E-state index contributed by atoms with van der Waals surface area (Å²) in [6, 6.07) is 0.348. The quantitative estimate of drug-likeness (QED) is 0.663. The first-order chi connectivity index (χ1) is 9.35. The maximum atomic E-state index is 11.8. The summed E-state index contributed by atoms with van der Waals surface area (Å²) >= 11 is 0. The Balaban J connectivity index is 2.78. The van der Waals surface area contributed by atoms with Gasteiger partial charge in [0.1, 0.15) is 12.6 Å². The largest absolute Gasteiger partial charge is 0.467 e. The van der Waals surface area contributed by atoms with Gasteiger partial charge in [0.15, 0.2) is 0 Å². The highest BCUT2D eigenvalue weighted by Gasteiger charge is 2.24. The summed E-state index contributed by atoms with van der Waals surface area (Å²) in [6.45, 7) is 3.22. The van der Waals surface area contributed by atoms with Gasteiger partial charge in [-0.05, 0) is 5.92 Å². The van der Waals surface area contributed by atoms with Crippen LogP contribution in [0, 0.1) is 5.92 Å². The highest BCUT2D eigenvalue weighted by Crippen LogP contribution is 2.03. The number of nitrogens with one attached hydrogen (secondary N) is 2. The lowest BCUT2D eigenvalue weighted by atomic mass is 10.0. The summed E-state index contributed by atoms with van der Waals surface area (Å²) < 4.78 is 5.63. The number of methoxy groups -OCH3 is 1. The minimum absolute atomic E-state index is 0.154. The highest BCUT2D eigenvalue weighted by atomic mass is 16.5. The van der Waals surface area contributed by atoms with Gasteiger partial charge in [0.05, 0.1) is 7.11 Å². The predicted molar refractivity (Wildman–Crippen MR) is 70.1 cm³/mol. The van der Waals surface area contributed by atoms with Crippen LogP contribution in [-0.2, 0) is 20.9 Å². The lowest BCUT2D eigenvalue weighted by Crippen LogP contribution is -2.47. The van der Waals surface area contributed by atoms with Crippen molar-refractivity contribution in [2.45, 2.75) is 26.4 Å². The van der Waals surface area contributed by atoms with Gasteiger partial charge in [0.2, 0.25) is 5.91 Å². The number of ether oxygens (including phenoxy) is 1. The number of H-pyrrole nitrogens is 1. The minimum Gasteiger partial charge on any atom is -0.467 e. The molecule has 8 nitrogen and oxygen atoms in total. The third-order valence-corrected chi connectivity index (χ3v) is 2.65. The van der Waals surface area contributed by atoms with Crippen molar-refractivity contribution in [1.82, 2.24) is 14.9 Å². The lowest BCUT2D eigenvalue weighted by Gasteiger charge is -2.19. The van der Waals surface area contributed by atoms with Gasteiger partial charge in [-0.3, -0.25) is 19.1 Å². The molecule has 1 heterocycles. The molecule has 0 saturated carbocycles. The zero-order valence-corrected chi connectivity index (χ0v) is 11.5. The average Bonchev–Trinajstić information content (AvgIpc) is 2.38. The topological polar surface area (TPSA) is 110 Å². The maximum Gasteiger partial charge on any atom is 0.328 e. The van der Waals surface area contributed by atoms with Crippen molar-refractivity contribution in [3.63, 3.8) is 0 Å². The SMILES string of the molecule is COC(=O)C(NC(=O)Cn1ccc(=O)[nH]c1=O)C(C)C. The fourth-order valence-corrected chi connectivity index (χ4v) is 1.57. The molecule has 0 radical (unpaired) electrons. The van der Waals surface area contributed by atoms with Gasteiger partial charge in [-0.2, -0.15) is 0 Å². The van der Waals surface area contributed by atoms with Crippen LogP contribution < -0.4 is 16.6 Å². The Labute approximate surface area is 114 Å². The van der Waals surface area contributed by atoms with E-state index in [4.69, 9.17) is 0 Å².